The average molecular weight is 243 g/mol. The van der Waals surface area contributed by atoms with Gasteiger partial charge < -0.3 is 10.4 Å². The van der Waals surface area contributed by atoms with Crippen molar-refractivity contribution in [2.75, 3.05) is 45.8 Å². The molecule has 1 aliphatic heterocycles. The van der Waals surface area contributed by atoms with Crippen molar-refractivity contribution in [3.05, 3.63) is 0 Å². The number of likely N-dealkylation sites (N-methyl/N-ethyl adjacent to an activating group) is 1. The van der Waals surface area contributed by atoms with Gasteiger partial charge in [0, 0.05) is 45.3 Å². The summed E-state index contributed by atoms with van der Waals surface area (Å²) in [4.78, 5) is 4.92. The van der Waals surface area contributed by atoms with Crippen LogP contribution in [0.25, 0.3) is 0 Å². The Kier molecular flexibility index (Phi) is 7.04. The lowest BCUT2D eigenvalue weighted by Crippen LogP contribution is -2.51. The maximum Gasteiger partial charge on any atom is 0.0791 e. The molecule has 1 heterocycles. The first-order chi connectivity index (χ1) is 8.17. The van der Waals surface area contributed by atoms with E-state index >= 15 is 0 Å². The van der Waals surface area contributed by atoms with Crippen molar-refractivity contribution >= 4 is 0 Å². The maximum absolute atomic E-state index is 9.84. The lowest BCUT2D eigenvalue weighted by atomic mass is 10.2. The first-order valence-corrected chi connectivity index (χ1v) is 7.02. The van der Waals surface area contributed by atoms with Crippen molar-refractivity contribution in [1.82, 2.24) is 15.1 Å². The van der Waals surface area contributed by atoms with Crippen LogP contribution in [0.3, 0.4) is 0 Å². The van der Waals surface area contributed by atoms with Gasteiger partial charge in [-0.3, -0.25) is 9.80 Å². The molecule has 0 aromatic heterocycles. The van der Waals surface area contributed by atoms with Crippen LogP contribution in [-0.4, -0.2) is 72.9 Å². The van der Waals surface area contributed by atoms with Gasteiger partial charge in [-0.25, -0.2) is 0 Å². The van der Waals surface area contributed by atoms with E-state index in [9.17, 15) is 5.11 Å². The average Bonchev–Trinajstić information content (AvgIpc) is 2.36. The van der Waals surface area contributed by atoms with Gasteiger partial charge in [0.2, 0.25) is 0 Å². The fourth-order valence-corrected chi connectivity index (χ4v) is 2.32. The molecule has 2 atom stereocenters. The van der Waals surface area contributed by atoms with Crippen molar-refractivity contribution in [3.8, 4) is 0 Å². The van der Waals surface area contributed by atoms with Crippen molar-refractivity contribution in [2.45, 2.75) is 39.3 Å². The Morgan fingerprint density at radius 3 is 2.35 bits per heavy atom. The van der Waals surface area contributed by atoms with Crippen molar-refractivity contribution in [3.63, 3.8) is 0 Å². The Hall–Kier alpha value is -0.160. The van der Waals surface area contributed by atoms with Gasteiger partial charge in [0.1, 0.15) is 0 Å². The molecule has 0 saturated carbocycles. The molecule has 0 bridgehead atoms. The van der Waals surface area contributed by atoms with Crippen LogP contribution < -0.4 is 5.32 Å². The van der Waals surface area contributed by atoms with Crippen molar-refractivity contribution < 1.29 is 5.11 Å². The Bertz CT molecular complexity index is 193. The molecule has 0 spiro atoms. The van der Waals surface area contributed by atoms with Crippen LogP contribution in [0, 0.1) is 0 Å². The lowest BCUT2D eigenvalue weighted by molar-refractivity contribution is 0.0589. The highest BCUT2D eigenvalue weighted by molar-refractivity contribution is 4.77. The number of nitrogens with zero attached hydrogens (tertiary/aromatic N) is 2. The van der Waals surface area contributed by atoms with Gasteiger partial charge in [0.15, 0.2) is 0 Å². The van der Waals surface area contributed by atoms with Gasteiger partial charge in [0.05, 0.1) is 6.10 Å². The molecule has 17 heavy (non-hydrogen) atoms. The van der Waals surface area contributed by atoms with Gasteiger partial charge in [-0.1, -0.05) is 13.8 Å². The van der Waals surface area contributed by atoms with Crippen LogP contribution in [0.4, 0.5) is 0 Å². The van der Waals surface area contributed by atoms with Crippen LogP contribution in [0.15, 0.2) is 0 Å². The Labute approximate surface area is 106 Å². The Morgan fingerprint density at radius 1 is 1.18 bits per heavy atom. The van der Waals surface area contributed by atoms with Crippen LogP contribution in [0.1, 0.15) is 27.2 Å². The number of β-amino-alcohol motifs (C(OH)–C–C–N with tert-alkyl or cyclic N) is 1. The molecular formula is C13H29N3O. The summed E-state index contributed by atoms with van der Waals surface area (Å²) in [6.07, 6.45) is 0.994. The van der Waals surface area contributed by atoms with Crippen LogP contribution >= 0.6 is 0 Å². The largest absolute Gasteiger partial charge is 0.390 e. The summed E-state index contributed by atoms with van der Waals surface area (Å²) in [6, 6.07) is 0.698. The molecule has 1 rings (SSSR count). The minimum absolute atomic E-state index is 0.231. The van der Waals surface area contributed by atoms with Crippen molar-refractivity contribution in [1.29, 1.82) is 0 Å². The summed E-state index contributed by atoms with van der Waals surface area (Å²) >= 11 is 0. The van der Waals surface area contributed by atoms with E-state index in [0.717, 1.165) is 39.3 Å². The smallest absolute Gasteiger partial charge is 0.0791 e. The van der Waals surface area contributed by atoms with Gasteiger partial charge in [-0.15, -0.1) is 0 Å². The summed E-state index contributed by atoms with van der Waals surface area (Å²) in [5, 5.41) is 13.0. The van der Waals surface area contributed by atoms with E-state index in [4.69, 9.17) is 0 Å². The number of hydrogen-bond acceptors (Lipinski definition) is 4. The fraction of sp³-hybridized carbons (Fsp3) is 1.00. The number of hydrogen-bond donors (Lipinski definition) is 2. The molecule has 0 aromatic carbocycles. The molecule has 0 amide bonds. The summed E-state index contributed by atoms with van der Waals surface area (Å²) in [5.41, 5.74) is 0. The molecule has 1 aliphatic rings. The quantitative estimate of drug-likeness (QED) is 0.678. The number of piperazine rings is 1. The van der Waals surface area contributed by atoms with Gasteiger partial charge in [0.25, 0.3) is 0 Å². The van der Waals surface area contributed by atoms with E-state index in [1.165, 1.54) is 6.42 Å². The molecule has 2 unspecified atom stereocenters. The van der Waals surface area contributed by atoms with E-state index in [2.05, 4.69) is 35.9 Å². The monoisotopic (exact) mass is 243 g/mol. The number of rotatable bonds is 7. The molecule has 102 valence electrons. The first-order valence-electron chi connectivity index (χ1n) is 7.02. The zero-order valence-electron chi connectivity index (χ0n) is 11.7. The molecule has 1 fully saturated rings. The third kappa shape index (κ3) is 5.34. The molecule has 0 aromatic rings. The summed E-state index contributed by atoms with van der Waals surface area (Å²) in [6.45, 7) is 13.5. The highest BCUT2D eigenvalue weighted by Crippen LogP contribution is 2.08. The maximum atomic E-state index is 9.84. The zero-order chi connectivity index (χ0) is 12.7. The van der Waals surface area contributed by atoms with Gasteiger partial charge >= 0.3 is 0 Å². The zero-order valence-corrected chi connectivity index (χ0v) is 11.7. The van der Waals surface area contributed by atoms with Crippen LogP contribution in [0.5, 0.6) is 0 Å². The predicted molar refractivity (Wildman–Crippen MR) is 72.3 cm³/mol. The second-order valence-electron chi connectivity index (χ2n) is 5.06. The number of aliphatic hydroxyl groups excluding tert-OH is 1. The molecule has 4 nitrogen and oxygen atoms in total. The number of nitrogens with one attached hydrogen (secondary N) is 1. The van der Waals surface area contributed by atoms with E-state index in [-0.39, 0.29) is 6.10 Å². The highest BCUT2D eigenvalue weighted by Gasteiger charge is 2.21. The van der Waals surface area contributed by atoms with E-state index in [0.29, 0.717) is 12.6 Å². The second kappa shape index (κ2) is 8.03. The molecule has 4 heteroatoms. The van der Waals surface area contributed by atoms with Gasteiger partial charge in [-0.2, -0.15) is 0 Å². The minimum atomic E-state index is -0.231. The van der Waals surface area contributed by atoms with Crippen molar-refractivity contribution in [2.24, 2.45) is 0 Å². The van der Waals surface area contributed by atoms with Gasteiger partial charge in [-0.05, 0) is 19.9 Å². The molecule has 0 radical (unpaired) electrons. The van der Waals surface area contributed by atoms with E-state index < -0.39 is 0 Å². The lowest BCUT2D eigenvalue weighted by Gasteiger charge is -2.38. The molecular weight excluding hydrogens is 214 g/mol. The first kappa shape index (κ1) is 14.9. The standard InChI is InChI=1S/C13H29N3O/c1-4-12(3)16-8-6-15(7-9-16)11-13(17)10-14-5-2/h12-14,17H,4-11H2,1-3H3. The summed E-state index contributed by atoms with van der Waals surface area (Å²) < 4.78 is 0. The molecule has 1 saturated heterocycles. The summed E-state index contributed by atoms with van der Waals surface area (Å²) in [5.74, 6) is 0. The summed E-state index contributed by atoms with van der Waals surface area (Å²) in [7, 11) is 0. The van der Waals surface area contributed by atoms with Crippen LogP contribution in [-0.2, 0) is 0 Å². The fourth-order valence-electron chi connectivity index (χ4n) is 2.32. The molecule has 0 aliphatic carbocycles. The number of aliphatic hydroxyl groups is 1. The Balaban J connectivity index is 2.18. The normalized spacial score (nSPS) is 22.6. The second-order valence-corrected chi connectivity index (χ2v) is 5.06. The third-order valence-corrected chi connectivity index (χ3v) is 3.72. The SMILES string of the molecule is CCNCC(O)CN1CCN(C(C)CC)CC1. The predicted octanol–water partition coefficient (Wildman–Crippen LogP) is 0.373. The topological polar surface area (TPSA) is 38.7 Å². The van der Waals surface area contributed by atoms with Crippen LogP contribution in [0.2, 0.25) is 0 Å². The minimum Gasteiger partial charge on any atom is -0.390 e. The van der Waals surface area contributed by atoms with E-state index in [1.807, 2.05) is 0 Å². The Morgan fingerprint density at radius 2 is 1.82 bits per heavy atom. The molecule has 2 N–H and O–H groups in total. The third-order valence-electron chi connectivity index (χ3n) is 3.72. The highest BCUT2D eigenvalue weighted by atomic mass is 16.3. The van der Waals surface area contributed by atoms with E-state index in [1.54, 1.807) is 0 Å².